The number of carbonyl (C=O) groups is 3. The van der Waals surface area contributed by atoms with Crippen LogP contribution in [-0.2, 0) is 38.5 Å². The molecule has 0 radical (unpaired) electrons. The lowest BCUT2D eigenvalue weighted by Crippen LogP contribution is -2.45. The molecule has 0 fully saturated rings. The Labute approximate surface area is 188 Å². The highest BCUT2D eigenvalue weighted by molar-refractivity contribution is 5.82. The molecule has 0 aliphatic heterocycles. The highest BCUT2D eigenvalue weighted by Gasteiger charge is 2.12. The zero-order valence-corrected chi connectivity index (χ0v) is 18.2. The number of rotatable bonds is 12. The average molecular weight is 441 g/mol. The summed E-state index contributed by atoms with van der Waals surface area (Å²) in [6.07, 6.45) is 4.30. The van der Waals surface area contributed by atoms with E-state index in [-0.39, 0.29) is 25.9 Å². The van der Waals surface area contributed by atoms with Crippen LogP contribution >= 0.6 is 0 Å². The normalized spacial score (nSPS) is 11.4. The smallest absolute Gasteiger partial charge is 0.334 e. The predicted octanol–water partition coefficient (Wildman–Crippen LogP) is 1.16. The summed E-state index contributed by atoms with van der Waals surface area (Å²) in [4.78, 5) is 39.8. The van der Waals surface area contributed by atoms with Gasteiger partial charge in [0, 0.05) is 13.1 Å². The van der Waals surface area contributed by atoms with Gasteiger partial charge in [0.1, 0.15) is 0 Å². The summed E-state index contributed by atoms with van der Waals surface area (Å²) in [6.45, 7) is 0.0651. The molecule has 8 heteroatoms. The molecule has 0 aromatic heterocycles. The molecule has 1 unspecified atom stereocenters. The van der Waals surface area contributed by atoms with Crippen LogP contribution in [-0.4, -0.2) is 36.9 Å². The summed E-state index contributed by atoms with van der Waals surface area (Å²) in [5.41, 5.74) is 16.3. The average Bonchev–Trinajstić information content (AvgIpc) is 2.81. The van der Waals surface area contributed by atoms with Crippen LogP contribution in [0, 0.1) is 0 Å². The minimum atomic E-state index is -0.814. The van der Waals surface area contributed by atoms with Crippen molar-refractivity contribution in [2.75, 3.05) is 13.1 Å². The molecule has 2 amide bonds. The van der Waals surface area contributed by atoms with Crippen molar-refractivity contribution < 1.29 is 19.2 Å². The molecule has 6 N–H and O–H groups in total. The molecule has 172 valence electrons. The fourth-order valence-electron chi connectivity index (χ4n) is 3.04. The molecule has 2 aromatic rings. The number of unbranched alkanes of at least 4 members (excludes halogenated alkanes) is 1. The van der Waals surface area contributed by atoms with E-state index < -0.39 is 23.8 Å². The fraction of sp³-hybridized carbons (Fsp3) is 0.375. The van der Waals surface area contributed by atoms with Crippen molar-refractivity contribution in [2.45, 2.75) is 44.6 Å². The van der Waals surface area contributed by atoms with Crippen LogP contribution in [0.2, 0.25) is 0 Å². The molecular formula is C24H32N4O4. The number of nitrogens with one attached hydrogen (secondary N) is 2. The lowest BCUT2D eigenvalue weighted by Gasteiger charge is -2.10. The molecule has 0 aliphatic rings. The number of amides is 2. The number of benzene rings is 2. The summed E-state index contributed by atoms with van der Waals surface area (Å²) >= 11 is 0. The SMILES string of the molecule is NCC(N)C(=O)NCCC(=O)ONC(=O)Cc1ccc(CCCCc2ccccc2)cc1. The molecule has 0 saturated heterocycles. The zero-order valence-electron chi connectivity index (χ0n) is 18.2. The third-order valence-corrected chi connectivity index (χ3v) is 4.91. The topological polar surface area (TPSA) is 137 Å². The molecular weight excluding hydrogens is 408 g/mol. The largest absolute Gasteiger partial charge is 0.354 e. The van der Waals surface area contributed by atoms with E-state index >= 15 is 0 Å². The number of aryl methyl sites for hydroxylation is 2. The first-order valence-electron chi connectivity index (χ1n) is 10.8. The lowest BCUT2D eigenvalue weighted by molar-refractivity contribution is -0.158. The first-order chi connectivity index (χ1) is 15.5. The number of hydroxylamine groups is 1. The van der Waals surface area contributed by atoms with Gasteiger partial charge in [-0.05, 0) is 42.4 Å². The second kappa shape index (κ2) is 14.0. The van der Waals surface area contributed by atoms with Crippen molar-refractivity contribution in [3.63, 3.8) is 0 Å². The van der Waals surface area contributed by atoms with E-state index in [0.29, 0.717) is 0 Å². The summed E-state index contributed by atoms with van der Waals surface area (Å²) in [5, 5.41) is 2.47. The van der Waals surface area contributed by atoms with Crippen molar-refractivity contribution >= 4 is 17.8 Å². The fourth-order valence-corrected chi connectivity index (χ4v) is 3.04. The number of hydrogen-bond donors (Lipinski definition) is 4. The van der Waals surface area contributed by atoms with Crippen LogP contribution in [0.25, 0.3) is 0 Å². The Kier molecular flexibility index (Phi) is 10.9. The van der Waals surface area contributed by atoms with Gasteiger partial charge in [-0.25, -0.2) is 4.79 Å². The molecule has 2 aromatic carbocycles. The second-order valence-corrected chi connectivity index (χ2v) is 7.57. The second-order valence-electron chi connectivity index (χ2n) is 7.57. The van der Waals surface area contributed by atoms with E-state index in [1.807, 2.05) is 30.3 Å². The van der Waals surface area contributed by atoms with Gasteiger partial charge < -0.3 is 21.6 Å². The van der Waals surface area contributed by atoms with Crippen LogP contribution in [0.5, 0.6) is 0 Å². The molecule has 0 bridgehead atoms. The first kappa shape index (κ1) is 25.0. The Morgan fingerprint density at radius 3 is 2.09 bits per heavy atom. The Hall–Kier alpha value is -3.23. The highest BCUT2D eigenvalue weighted by atomic mass is 16.7. The van der Waals surface area contributed by atoms with Crippen molar-refractivity contribution in [3.8, 4) is 0 Å². The summed E-state index contributed by atoms with van der Waals surface area (Å²) < 4.78 is 0. The Bertz CT molecular complexity index is 856. The first-order valence-corrected chi connectivity index (χ1v) is 10.8. The van der Waals surface area contributed by atoms with Crippen molar-refractivity contribution in [1.82, 2.24) is 10.8 Å². The minimum absolute atomic E-state index is 0.0155. The van der Waals surface area contributed by atoms with E-state index in [1.165, 1.54) is 11.1 Å². The Morgan fingerprint density at radius 2 is 1.47 bits per heavy atom. The summed E-state index contributed by atoms with van der Waals surface area (Å²) in [7, 11) is 0. The van der Waals surface area contributed by atoms with Crippen LogP contribution in [0.1, 0.15) is 36.0 Å². The molecule has 2 rings (SSSR count). The number of nitrogens with two attached hydrogens (primary N) is 2. The number of hydrogen-bond acceptors (Lipinski definition) is 6. The van der Waals surface area contributed by atoms with Crippen molar-refractivity contribution in [1.29, 1.82) is 0 Å². The van der Waals surface area contributed by atoms with E-state index in [4.69, 9.17) is 16.3 Å². The molecule has 0 aliphatic carbocycles. The number of carbonyl (C=O) groups excluding carboxylic acids is 3. The van der Waals surface area contributed by atoms with Crippen LogP contribution in [0.4, 0.5) is 0 Å². The van der Waals surface area contributed by atoms with Gasteiger partial charge in [0.2, 0.25) is 5.91 Å². The highest BCUT2D eigenvalue weighted by Crippen LogP contribution is 2.11. The van der Waals surface area contributed by atoms with Crippen LogP contribution in [0.15, 0.2) is 54.6 Å². The summed E-state index contributed by atoms with van der Waals surface area (Å²) in [6, 6.07) is 17.5. The zero-order chi connectivity index (χ0) is 23.2. The Morgan fingerprint density at radius 1 is 0.875 bits per heavy atom. The van der Waals surface area contributed by atoms with Gasteiger partial charge in [-0.15, -0.1) is 0 Å². The van der Waals surface area contributed by atoms with E-state index in [9.17, 15) is 14.4 Å². The maximum absolute atomic E-state index is 12.0. The van der Waals surface area contributed by atoms with E-state index in [2.05, 4.69) is 35.1 Å². The minimum Gasteiger partial charge on any atom is -0.354 e. The maximum atomic E-state index is 12.0. The van der Waals surface area contributed by atoms with Gasteiger partial charge in [0.05, 0.1) is 18.9 Å². The molecule has 0 saturated carbocycles. The van der Waals surface area contributed by atoms with Crippen LogP contribution < -0.4 is 22.3 Å². The molecule has 8 nitrogen and oxygen atoms in total. The summed E-state index contributed by atoms with van der Waals surface area (Å²) in [5.74, 6) is -1.53. The molecule has 1 atom stereocenters. The van der Waals surface area contributed by atoms with E-state index in [0.717, 1.165) is 31.2 Å². The molecule has 32 heavy (non-hydrogen) atoms. The van der Waals surface area contributed by atoms with Crippen molar-refractivity contribution in [3.05, 3.63) is 71.3 Å². The third kappa shape index (κ3) is 9.72. The standard InChI is InChI=1S/C24H32N4O4/c25-17-21(26)24(31)27-15-14-23(30)32-28-22(29)16-20-12-10-19(11-13-20)9-5-4-8-18-6-2-1-3-7-18/h1-3,6-7,10-13,21H,4-5,8-9,14-17,25-26H2,(H,27,31)(H,28,29). The van der Waals surface area contributed by atoms with Gasteiger partial charge in [0.15, 0.2) is 0 Å². The predicted molar refractivity (Wildman–Crippen MR) is 122 cm³/mol. The van der Waals surface area contributed by atoms with Gasteiger partial charge >= 0.3 is 5.97 Å². The van der Waals surface area contributed by atoms with Gasteiger partial charge in [-0.2, -0.15) is 5.48 Å². The van der Waals surface area contributed by atoms with E-state index in [1.54, 1.807) is 0 Å². The van der Waals surface area contributed by atoms with Crippen molar-refractivity contribution in [2.24, 2.45) is 11.5 Å². The Balaban J connectivity index is 1.60. The monoisotopic (exact) mass is 440 g/mol. The lowest BCUT2D eigenvalue weighted by atomic mass is 10.0. The van der Waals surface area contributed by atoms with Crippen LogP contribution in [0.3, 0.4) is 0 Å². The molecule has 0 heterocycles. The van der Waals surface area contributed by atoms with Gasteiger partial charge in [-0.3, -0.25) is 9.59 Å². The molecule has 0 spiro atoms. The maximum Gasteiger partial charge on any atom is 0.334 e. The van der Waals surface area contributed by atoms with Gasteiger partial charge in [0.25, 0.3) is 5.91 Å². The van der Waals surface area contributed by atoms with Gasteiger partial charge in [-0.1, -0.05) is 54.6 Å². The quantitative estimate of drug-likeness (QED) is 0.289. The third-order valence-electron chi connectivity index (χ3n) is 4.91.